The van der Waals surface area contributed by atoms with Crippen molar-refractivity contribution in [1.29, 1.82) is 0 Å². The SMILES string of the molecule is FC1(F)CCC([AsH2])CC1. The third-order valence-electron chi connectivity index (χ3n) is 1.76. The molecule has 1 atom stereocenters. The normalized spacial score (nSPS) is 28.3. The van der Waals surface area contributed by atoms with Gasteiger partial charge in [-0.15, -0.1) is 0 Å². The fourth-order valence-corrected chi connectivity index (χ4v) is 1.76. The van der Waals surface area contributed by atoms with Crippen LogP contribution in [0.3, 0.4) is 0 Å². The Bertz CT molecular complexity index is 93.2. The average Bonchev–Trinajstić information content (AvgIpc) is 1.78. The van der Waals surface area contributed by atoms with Crippen LogP contribution < -0.4 is 0 Å². The van der Waals surface area contributed by atoms with E-state index in [0.717, 1.165) is 12.8 Å². The molecule has 3 heteroatoms. The Kier molecular flexibility index (Phi) is 2.15. The van der Waals surface area contributed by atoms with E-state index in [9.17, 15) is 8.78 Å². The van der Waals surface area contributed by atoms with E-state index in [2.05, 4.69) is 0 Å². The van der Waals surface area contributed by atoms with Crippen molar-refractivity contribution >= 4 is 16.9 Å². The van der Waals surface area contributed by atoms with E-state index in [1.165, 1.54) is 0 Å². The zero-order valence-corrected chi connectivity index (χ0v) is 7.66. The van der Waals surface area contributed by atoms with Gasteiger partial charge in [-0.1, -0.05) is 0 Å². The van der Waals surface area contributed by atoms with E-state index in [1.807, 2.05) is 0 Å². The van der Waals surface area contributed by atoms with Gasteiger partial charge in [0, 0.05) is 0 Å². The van der Waals surface area contributed by atoms with Crippen LogP contribution in [0.5, 0.6) is 0 Å². The molecular weight excluding hydrogens is 185 g/mol. The summed E-state index contributed by atoms with van der Waals surface area (Å²) in [5, 5.41) is 0. The van der Waals surface area contributed by atoms with Gasteiger partial charge in [-0.05, 0) is 0 Å². The van der Waals surface area contributed by atoms with Gasteiger partial charge in [0.05, 0.1) is 0 Å². The first kappa shape index (κ1) is 7.52. The third kappa shape index (κ3) is 2.25. The molecule has 1 rings (SSSR count). The Morgan fingerprint density at radius 2 is 1.67 bits per heavy atom. The second-order valence-corrected chi connectivity index (χ2v) is 4.67. The van der Waals surface area contributed by atoms with E-state index in [-0.39, 0.29) is 12.8 Å². The fraction of sp³-hybridized carbons (Fsp3) is 1.00. The van der Waals surface area contributed by atoms with Gasteiger partial charge < -0.3 is 0 Å². The van der Waals surface area contributed by atoms with Gasteiger partial charge in [0.15, 0.2) is 0 Å². The molecule has 0 heterocycles. The van der Waals surface area contributed by atoms with Crippen molar-refractivity contribution < 1.29 is 8.78 Å². The van der Waals surface area contributed by atoms with Crippen molar-refractivity contribution in [1.82, 2.24) is 0 Å². The second-order valence-electron chi connectivity index (χ2n) is 2.69. The maximum absolute atomic E-state index is 12.4. The topological polar surface area (TPSA) is 0 Å². The first-order valence-electron chi connectivity index (χ1n) is 3.23. The van der Waals surface area contributed by atoms with Crippen LogP contribution in [0.25, 0.3) is 0 Å². The zero-order chi connectivity index (χ0) is 6.91. The zero-order valence-electron chi connectivity index (χ0n) is 5.24. The van der Waals surface area contributed by atoms with Crippen LogP contribution in [0.15, 0.2) is 0 Å². The van der Waals surface area contributed by atoms with Gasteiger partial charge in [-0.25, -0.2) is 0 Å². The monoisotopic (exact) mass is 196 g/mol. The first-order chi connectivity index (χ1) is 4.10. The van der Waals surface area contributed by atoms with E-state index < -0.39 is 5.92 Å². The molecule has 0 aromatic heterocycles. The molecule has 0 aromatic rings. The summed E-state index contributed by atoms with van der Waals surface area (Å²) < 4.78 is 25.4. The van der Waals surface area contributed by atoms with Gasteiger partial charge in [0.25, 0.3) is 0 Å². The molecule has 1 aliphatic carbocycles. The van der Waals surface area contributed by atoms with Crippen LogP contribution >= 0.6 is 0 Å². The summed E-state index contributed by atoms with van der Waals surface area (Å²) >= 11 is 1.61. The maximum atomic E-state index is 12.4. The molecule has 0 aromatic carbocycles. The predicted molar refractivity (Wildman–Crippen MR) is 35.7 cm³/mol. The van der Waals surface area contributed by atoms with Gasteiger partial charge in [-0.3, -0.25) is 0 Å². The molecule has 0 bridgehead atoms. The molecule has 1 unspecified atom stereocenters. The minimum absolute atomic E-state index is 0.121. The summed E-state index contributed by atoms with van der Waals surface area (Å²) in [4.78, 5) is 0. The predicted octanol–water partition coefficient (Wildman–Crippen LogP) is 1.62. The molecule has 1 fully saturated rings. The Hall–Kier alpha value is 0.418. The molecule has 0 saturated heterocycles. The van der Waals surface area contributed by atoms with Crippen molar-refractivity contribution in [2.45, 2.75) is 36.3 Å². The van der Waals surface area contributed by atoms with E-state index in [4.69, 9.17) is 0 Å². The molecule has 0 aliphatic heterocycles. The first-order valence-corrected chi connectivity index (χ1v) is 4.63. The van der Waals surface area contributed by atoms with E-state index in [1.54, 1.807) is 16.9 Å². The quantitative estimate of drug-likeness (QED) is 0.516. The number of rotatable bonds is 0. The Morgan fingerprint density at radius 3 is 2.00 bits per heavy atom. The number of alkyl halides is 2. The number of halogens is 2. The van der Waals surface area contributed by atoms with E-state index >= 15 is 0 Å². The van der Waals surface area contributed by atoms with E-state index in [0.29, 0.717) is 4.71 Å². The average molecular weight is 196 g/mol. The second kappa shape index (κ2) is 2.57. The third-order valence-corrected chi connectivity index (χ3v) is 3.16. The molecule has 9 heavy (non-hydrogen) atoms. The molecule has 1 aliphatic rings. The minimum atomic E-state index is -2.33. The van der Waals surface area contributed by atoms with Crippen LogP contribution in [-0.4, -0.2) is 22.8 Å². The van der Waals surface area contributed by atoms with Crippen LogP contribution in [0, 0.1) is 0 Å². The van der Waals surface area contributed by atoms with Crippen LogP contribution in [-0.2, 0) is 0 Å². The molecule has 54 valence electrons. The number of hydrogen-bond acceptors (Lipinski definition) is 0. The Balaban J connectivity index is 2.35. The summed E-state index contributed by atoms with van der Waals surface area (Å²) in [6, 6.07) is 0. The summed E-state index contributed by atoms with van der Waals surface area (Å²) in [5.41, 5.74) is 0. The van der Waals surface area contributed by atoms with Crippen LogP contribution in [0.1, 0.15) is 25.7 Å². The van der Waals surface area contributed by atoms with Crippen LogP contribution in [0.4, 0.5) is 8.78 Å². The summed E-state index contributed by atoms with van der Waals surface area (Å²) in [7, 11) is 0. The number of hydrogen-bond donors (Lipinski definition) is 0. The fourth-order valence-electron chi connectivity index (χ4n) is 1.06. The van der Waals surface area contributed by atoms with Crippen molar-refractivity contribution in [2.75, 3.05) is 0 Å². The van der Waals surface area contributed by atoms with Crippen molar-refractivity contribution in [3.05, 3.63) is 0 Å². The van der Waals surface area contributed by atoms with Gasteiger partial charge in [0.1, 0.15) is 0 Å². The molecule has 0 amide bonds. The van der Waals surface area contributed by atoms with Gasteiger partial charge >= 0.3 is 61.9 Å². The Morgan fingerprint density at radius 1 is 1.22 bits per heavy atom. The molecular formula is C6H11AsF2. The summed E-state index contributed by atoms with van der Waals surface area (Å²) in [5.74, 6) is -2.33. The van der Waals surface area contributed by atoms with Crippen LogP contribution in [0.2, 0.25) is 4.71 Å². The molecule has 0 N–H and O–H groups in total. The molecule has 0 spiro atoms. The van der Waals surface area contributed by atoms with Gasteiger partial charge in [-0.2, -0.15) is 0 Å². The standard InChI is InChI=1S/C6H11AsF2/c7-5-1-3-6(8,9)4-2-5/h5H,1-4,7H2. The molecule has 0 radical (unpaired) electrons. The van der Waals surface area contributed by atoms with Gasteiger partial charge in [0.2, 0.25) is 0 Å². The summed E-state index contributed by atoms with van der Waals surface area (Å²) in [6.07, 6.45) is 1.70. The summed E-state index contributed by atoms with van der Waals surface area (Å²) in [6.45, 7) is 0. The Labute approximate surface area is 62.5 Å². The van der Waals surface area contributed by atoms with Crippen molar-refractivity contribution in [3.8, 4) is 0 Å². The molecule has 1 saturated carbocycles. The molecule has 0 nitrogen and oxygen atoms in total. The van der Waals surface area contributed by atoms with Crippen molar-refractivity contribution in [2.24, 2.45) is 0 Å². The van der Waals surface area contributed by atoms with Crippen molar-refractivity contribution in [3.63, 3.8) is 0 Å².